The van der Waals surface area contributed by atoms with Crippen LogP contribution in [-0.2, 0) is 27.9 Å². The van der Waals surface area contributed by atoms with Gasteiger partial charge in [0.1, 0.15) is 0 Å². The zero-order valence-electron chi connectivity index (χ0n) is 18.5. The molecule has 1 N–H and O–H groups in total. The number of ether oxygens (including phenoxy) is 2. The molecule has 0 unspecified atom stereocenters. The van der Waals surface area contributed by atoms with Crippen LogP contribution in [-0.4, -0.2) is 43.1 Å². The molecule has 1 aromatic heterocycles. The molecule has 0 bridgehead atoms. The minimum absolute atomic E-state index is 0.136. The highest BCUT2D eigenvalue weighted by atomic mass is 32.2. The summed E-state index contributed by atoms with van der Waals surface area (Å²) in [7, 11) is -3.68. The average molecular weight is 470 g/mol. The number of benzene rings is 2. The van der Waals surface area contributed by atoms with Crippen LogP contribution in [0.4, 0.5) is 0 Å². The Morgan fingerprint density at radius 3 is 2.82 bits per heavy atom. The highest BCUT2D eigenvalue weighted by Gasteiger charge is 2.33. The number of fused-ring (bicyclic) bond motifs is 2. The smallest absolute Gasteiger partial charge is 0.243 e. The van der Waals surface area contributed by atoms with Crippen molar-refractivity contribution in [3.8, 4) is 11.5 Å². The van der Waals surface area contributed by atoms with Crippen molar-refractivity contribution in [1.82, 2.24) is 14.2 Å². The number of nitrogens with one attached hydrogen (secondary N) is 1. The number of carbonyl (C=O) groups is 1. The monoisotopic (exact) mass is 469 g/mol. The van der Waals surface area contributed by atoms with Crippen LogP contribution >= 0.6 is 0 Å². The predicted octanol–water partition coefficient (Wildman–Crippen LogP) is 3.11. The summed E-state index contributed by atoms with van der Waals surface area (Å²) < 4.78 is 40.9. The van der Waals surface area contributed by atoms with Gasteiger partial charge in [-0.25, -0.2) is 8.42 Å². The molecule has 1 amide bonds. The van der Waals surface area contributed by atoms with Gasteiger partial charge < -0.3 is 19.4 Å². The van der Waals surface area contributed by atoms with Gasteiger partial charge in [-0.2, -0.15) is 4.31 Å². The number of amides is 1. The SMILES string of the molecule is CCn1ccc2cc(S(=O)(=O)N3CCC[C@H](C(=O)NCc4ccc5c(c4)OCO5)C3)ccc21. The number of sulfonamides is 1. The van der Waals surface area contributed by atoms with E-state index in [1.54, 1.807) is 12.1 Å². The van der Waals surface area contributed by atoms with Crippen molar-refractivity contribution < 1.29 is 22.7 Å². The Labute approximate surface area is 193 Å². The Balaban J connectivity index is 1.26. The first kappa shape index (κ1) is 21.8. The fraction of sp³-hybridized carbons (Fsp3) is 0.375. The molecule has 0 saturated carbocycles. The Kier molecular flexibility index (Phi) is 5.76. The number of aromatic nitrogens is 1. The van der Waals surface area contributed by atoms with E-state index in [0.29, 0.717) is 37.4 Å². The van der Waals surface area contributed by atoms with Gasteiger partial charge >= 0.3 is 0 Å². The fourth-order valence-electron chi connectivity index (χ4n) is 4.52. The zero-order valence-corrected chi connectivity index (χ0v) is 19.3. The molecule has 1 fully saturated rings. The van der Waals surface area contributed by atoms with Crippen molar-refractivity contribution in [3.05, 3.63) is 54.2 Å². The molecule has 2 aliphatic rings. The number of carbonyl (C=O) groups excluding carboxylic acids is 1. The van der Waals surface area contributed by atoms with E-state index >= 15 is 0 Å². The van der Waals surface area contributed by atoms with E-state index < -0.39 is 10.0 Å². The molecule has 3 aromatic rings. The predicted molar refractivity (Wildman–Crippen MR) is 124 cm³/mol. The van der Waals surface area contributed by atoms with Gasteiger partial charge in [-0.15, -0.1) is 0 Å². The fourth-order valence-corrected chi connectivity index (χ4v) is 6.08. The second kappa shape index (κ2) is 8.72. The van der Waals surface area contributed by atoms with Crippen molar-refractivity contribution in [3.63, 3.8) is 0 Å². The second-order valence-corrected chi connectivity index (χ2v) is 10.4. The third-order valence-electron chi connectivity index (χ3n) is 6.38. The summed E-state index contributed by atoms with van der Waals surface area (Å²) >= 11 is 0. The second-order valence-electron chi connectivity index (χ2n) is 8.43. The molecular formula is C24H27N3O5S. The molecule has 5 rings (SSSR count). The molecular weight excluding hydrogens is 442 g/mol. The van der Waals surface area contributed by atoms with E-state index in [-0.39, 0.29) is 30.1 Å². The van der Waals surface area contributed by atoms with Gasteiger partial charge in [0.25, 0.3) is 0 Å². The van der Waals surface area contributed by atoms with Crippen molar-refractivity contribution in [1.29, 1.82) is 0 Å². The Bertz CT molecular complexity index is 1300. The molecule has 33 heavy (non-hydrogen) atoms. The molecule has 0 aliphatic carbocycles. The number of hydrogen-bond donors (Lipinski definition) is 1. The quantitative estimate of drug-likeness (QED) is 0.599. The molecule has 8 nitrogen and oxygen atoms in total. The Hall–Kier alpha value is -3.04. The third-order valence-corrected chi connectivity index (χ3v) is 8.24. The number of aryl methyl sites for hydroxylation is 1. The highest BCUT2D eigenvalue weighted by Crippen LogP contribution is 2.32. The Morgan fingerprint density at radius 1 is 1.12 bits per heavy atom. The van der Waals surface area contributed by atoms with Crippen LogP contribution in [0.15, 0.2) is 53.6 Å². The van der Waals surface area contributed by atoms with Crippen molar-refractivity contribution in [2.45, 2.75) is 37.8 Å². The van der Waals surface area contributed by atoms with E-state index in [4.69, 9.17) is 9.47 Å². The molecule has 3 heterocycles. The van der Waals surface area contributed by atoms with Crippen LogP contribution in [0.2, 0.25) is 0 Å². The van der Waals surface area contributed by atoms with Crippen molar-refractivity contribution >= 4 is 26.8 Å². The molecule has 1 saturated heterocycles. The molecule has 0 radical (unpaired) electrons. The van der Waals surface area contributed by atoms with Crippen molar-refractivity contribution in [2.24, 2.45) is 5.92 Å². The summed E-state index contributed by atoms with van der Waals surface area (Å²) in [4.78, 5) is 13.1. The van der Waals surface area contributed by atoms with Crippen LogP contribution in [0.3, 0.4) is 0 Å². The Morgan fingerprint density at radius 2 is 1.97 bits per heavy atom. The maximum absolute atomic E-state index is 13.3. The number of rotatable bonds is 6. The normalized spacial score (nSPS) is 18.5. The number of piperidine rings is 1. The van der Waals surface area contributed by atoms with E-state index in [1.807, 2.05) is 36.5 Å². The topological polar surface area (TPSA) is 89.9 Å². The lowest BCUT2D eigenvalue weighted by Gasteiger charge is -2.31. The maximum atomic E-state index is 13.3. The van der Waals surface area contributed by atoms with Crippen LogP contribution in [0, 0.1) is 5.92 Å². The van der Waals surface area contributed by atoms with Crippen LogP contribution in [0.1, 0.15) is 25.3 Å². The van der Waals surface area contributed by atoms with Gasteiger partial charge in [0.15, 0.2) is 11.5 Å². The molecule has 2 aliphatic heterocycles. The standard InChI is InChI=1S/C24H27N3O5S/c1-2-26-11-9-18-13-20(6-7-21(18)26)33(29,30)27-10-3-4-19(15-27)24(28)25-14-17-5-8-22-23(12-17)32-16-31-22/h5-9,11-13,19H,2-4,10,14-16H2,1H3,(H,25,28)/t19-/m0/s1. The van der Waals surface area contributed by atoms with Crippen LogP contribution in [0.25, 0.3) is 10.9 Å². The van der Waals surface area contributed by atoms with Gasteiger partial charge in [0.2, 0.25) is 22.7 Å². The minimum atomic E-state index is -3.68. The largest absolute Gasteiger partial charge is 0.454 e. The van der Waals surface area contributed by atoms with E-state index in [1.165, 1.54) is 4.31 Å². The molecule has 2 aromatic carbocycles. The summed E-state index contributed by atoms with van der Waals surface area (Å²) in [6, 6.07) is 12.7. The van der Waals surface area contributed by atoms with E-state index in [0.717, 1.165) is 23.0 Å². The van der Waals surface area contributed by atoms with Gasteiger partial charge in [-0.05, 0) is 61.7 Å². The van der Waals surface area contributed by atoms with E-state index in [2.05, 4.69) is 16.8 Å². The minimum Gasteiger partial charge on any atom is -0.454 e. The molecule has 9 heteroatoms. The first-order valence-electron chi connectivity index (χ1n) is 11.2. The number of nitrogens with zero attached hydrogens (tertiary/aromatic N) is 2. The summed E-state index contributed by atoms with van der Waals surface area (Å²) in [5.74, 6) is 0.848. The summed E-state index contributed by atoms with van der Waals surface area (Å²) in [5.41, 5.74) is 1.91. The third kappa shape index (κ3) is 4.18. The number of hydrogen-bond acceptors (Lipinski definition) is 5. The van der Waals surface area contributed by atoms with Crippen LogP contribution in [0.5, 0.6) is 11.5 Å². The summed E-state index contributed by atoms with van der Waals surface area (Å²) in [6.07, 6.45) is 3.27. The van der Waals surface area contributed by atoms with Crippen molar-refractivity contribution in [2.75, 3.05) is 19.9 Å². The summed E-state index contributed by atoms with van der Waals surface area (Å²) in [6.45, 7) is 4.03. The van der Waals surface area contributed by atoms with Crippen LogP contribution < -0.4 is 14.8 Å². The van der Waals surface area contributed by atoms with Gasteiger partial charge in [0.05, 0.1) is 10.8 Å². The van der Waals surface area contributed by atoms with Gasteiger partial charge in [0, 0.05) is 43.3 Å². The average Bonchev–Trinajstić information content (AvgIpc) is 3.48. The van der Waals surface area contributed by atoms with Gasteiger partial charge in [-0.3, -0.25) is 4.79 Å². The van der Waals surface area contributed by atoms with E-state index in [9.17, 15) is 13.2 Å². The summed E-state index contributed by atoms with van der Waals surface area (Å²) in [5, 5.41) is 3.84. The van der Waals surface area contributed by atoms with Gasteiger partial charge in [-0.1, -0.05) is 6.07 Å². The lowest BCUT2D eigenvalue weighted by atomic mass is 9.98. The first-order chi connectivity index (χ1) is 16.0. The molecule has 0 spiro atoms. The lowest BCUT2D eigenvalue weighted by molar-refractivity contribution is -0.126. The maximum Gasteiger partial charge on any atom is 0.243 e. The zero-order chi connectivity index (χ0) is 23.0. The molecule has 174 valence electrons. The first-order valence-corrected chi connectivity index (χ1v) is 12.6. The highest BCUT2D eigenvalue weighted by molar-refractivity contribution is 7.89. The molecule has 1 atom stereocenters. The lowest BCUT2D eigenvalue weighted by Crippen LogP contribution is -2.45.